The van der Waals surface area contributed by atoms with Crippen molar-refractivity contribution in [1.82, 2.24) is 29.8 Å². The molecule has 0 unspecified atom stereocenters. The SMILES string of the molecule is CC(=O)NCCc1ccc(Nc2ncc3nc(-c4ccncc4)n(C)c3n2)cc1. The highest BCUT2D eigenvalue weighted by molar-refractivity contribution is 5.77. The van der Waals surface area contributed by atoms with Gasteiger partial charge in [0, 0.05) is 44.2 Å². The van der Waals surface area contributed by atoms with E-state index in [1.54, 1.807) is 18.6 Å². The Morgan fingerprint density at radius 3 is 2.55 bits per heavy atom. The van der Waals surface area contributed by atoms with Gasteiger partial charge in [0.1, 0.15) is 11.3 Å². The molecule has 29 heavy (non-hydrogen) atoms. The molecule has 146 valence electrons. The Hall–Kier alpha value is -3.81. The fraction of sp³-hybridized carbons (Fsp3) is 0.190. The second kappa shape index (κ2) is 8.05. The maximum Gasteiger partial charge on any atom is 0.229 e. The third-order valence-electron chi connectivity index (χ3n) is 4.55. The number of carbonyl (C=O) groups excluding carboxylic acids is 1. The van der Waals surface area contributed by atoms with Crippen molar-refractivity contribution < 1.29 is 4.79 Å². The van der Waals surface area contributed by atoms with E-state index in [1.165, 1.54) is 6.92 Å². The third kappa shape index (κ3) is 4.21. The minimum atomic E-state index is -0.0157. The van der Waals surface area contributed by atoms with E-state index in [0.29, 0.717) is 12.5 Å². The van der Waals surface area contributed by atoms with Crippen LogP contribution in [0, 0.1) is 0 Å². The Balaban J connectivity index is 1.51. The quantitative estimate of drug-likeness (QED) is 0.528. The molecule has 0 radical (unpaired) electrons. The van der Waals surface area contributed by atoms with E-state index in [0.717, 1.165) is 40.2 Å². The summed E-state index contributed by atoms with van der Waals surface area (Å²) in [5.41, 5.74) is 4.50. The fourth-order valence-corrected chi connectivity index (χ4v) is 3.07. The summed E-state index contributed by atoms with van der Waals surface area (Å²) in [6.45, 7) is 2.15. The first-order chi connectivity index (χ1) is 14.1. The van der Waals surface area contributed by atoms with Gasteiger partial charge in [-0.2, -0.15) is 4.98 Å². The van der Waals surface area contributed by atoms with Crippen LogP contribution in [0.2, 0.25) is 0 Å². The number of imidazole rings is 1. The van der Waals surface area contributed by atoms with E-state index < -0.39 is 0 Å². The molecule has 2 N–H and O–H groups in total. The molecular weight excluding hydrogens is 366 g/mol. The van der Waals surface area contributed by atoms with Crippen LogP contribution in [0.4, 0.5) is 11.6 Å². The second-order valence-electron chi connectivity index (χ2n) is 6.69. The van der Waals surface area contributed by atoms with Gasteiger partial charge in [0.2, 0.25) is 11.9 Å². The van der Waals surface area contributed by atoms with Crippen molar-refractivity contribution in [2.75, 3.05) is 11.9 Å². The van der Waals surface area contributed by atoms with Crippen molar-refractivity contribution >= 4 is 28.7 Å². The number of aryl methyl sites for hydroxylation is 1. The van der Waals surface area contributed by atoms with E-state index in [1.807, 2.05) is 48.0 Å². The van der Waals surface area contributed by atoms with Crippen LogP contribution in [0.3, 0.4) is 0 Å². The molecule has 0 aliphatic heterocycles. The highest BCUT2D eigenvalue weighted by Gasteiger charge is 2.12. The van der Waals surface area contributed by atoms with Crippen molar-refractivity contribution in [1.29, 1.82) is 0 Å². The predicted octanol–water partition coefficient (Wildman–Crippen LogP) is 2.85. The lowest BCUT2D eigenvalue weighted by Gasteiger charge is -2.07. The van der Waals surface area contributed by atoms with E-state index in [4.69, 9.17) is 0 Å². The molecule has 8 nitrogen and oxygen atoms in total. The molecule has 0 bridgehead atoms. The molecule has 0 fully saturated rings. The summed E-state index contributed by atoms with van der Waals surface area (Å²) in [6, 6.07) is 11.8. The molecule has 4 rings (SSSR count). The first-order valence-electron chi connectivity index (χ1n) is 9.30. The number of nitrogens with one attached hydrogen (secondary N) is 2. The first-order valence-corrected chi connectivity index (χ1v) is 9.30. The Bertz CT molecular complexity index is 1140. The van der Waals surface area contributed by atoms with Crippen molar-refractivity contribution in [2.45, 2.75) is 13.3 Å². The summed E-state index contributed by atoms with van der Waals surface area (Å²) in [5.74, 6) is 1.31. The summed E-state index contributed by atoms with van der Waals surface area (Å²) in [7, 11) is 1.94. The number of pyridine rings is 1. The molecule has 0 saturated heterocycles. The van der Waals surface area contributed by atoms with Gasteiger partial charge in [-0.25, -0.2) is 9.97 Å². The number of benzene rings is 1. The largest absolute Gasteiger partial charge is 0.356 e. The Morgan fingerprint density at radius 2 is 1.83 bits per heavy atom. The number of hydrogen-bond acceptors (Lipinski definition) is 6. The molecule has 4 aromatic rings. The molecular formula is C21H21N7O. The molecule has 8 heteroatoms. The Morgan fingerprint density at radius 1 is 1.07 bits per heavy atom. The van der Waals surface area contributed by atoms with E-state index >= 15 is 0 Å². The average Bonchev–Trinajstić information content (AvgIpc) is 3.06. The lowest BCUT2D eigenvalue weighted by molar-refractivity contribution is -0.118. The first kappa shape index (κ1) is 18.5. The van der Waals surface area contributed by atoms with E-state index in [2.05, 4.69) is 30.6 Å². The van der Waals surface area contributed by atoms with Gasteiger partial charge in [-0.1, -0.05) is 12.1 Å². The third-order valence-corrected chi connectivity index (χ3v) is 4.55. The zero-order valence-corrected chi connectivity index (χ0v) is 16.3. The number of nitrogens with zero attached hydrogens (tertiary/aromatic N) is 5. The van der Waals surface area contributed by atoms with Crippen LogP contribution in [-0.4, -0.2) is 37.0 Å². The monoisotopic (exact) mass is 387 g/mol. The Labute approximate surface area is 168 Å². The normalized spacial score (nSPS) is 10.8. The van der Waals surface area contributed by atoms with Crippen LogP contribution < -0.4 is 10.6 Å². The zero-order chi connectivity index (χ0) is 20.2. The lowest BCUT2D eigenvalue weighted by Crippen LogP contribution is -2.22. The van der Waals surface area contributed by atoms with Gasteiger partial charge < -0.3 is 15.2 Å². The van der Waals surface area contributed by atoms with Gasteiger partial charge in [-0.15, -0.1) is 0 Å². The molecule has 1 amide bonds. The number of amides is 1. The maximum atomic E-state index is 10.9. The summed E-state index contributed by atoms with van der Waals surface area (Å²) >= 11 is 0. The summed E-state index contributed by atoms with van der Waals surface area (Å²) < 4.78 is 1.95. The second-order valence-corrected chi connectivity index (χ2v) is 6.69. The predicted molar refractivity (Wildman–Crippen MR) is 112 cm³/mol. The zero-order valence-electron chi connectivity index (χ0n) is 16.3. The van der Waals surface area contributed by atoms with Crippen LogP contribution in [0.1, 0.15) is 12.5 Å². The number of aromatic nitrogens is 5. The van der Waals surface area contributed by atoms with E-state index in [-0.39, 0.29) is 5.91 Å². The summed E-state index contributed by atoms with van der Waals surface area (Å²) in [4.78, 5) is 28.6. The van der Waals surface area contributed by atoms with Crippen LogP contribution in [-0.2, 0) is 18.3 Å². The highest BCUT2D eigenvalue weighted by atomic mass is 16.1. The summed E-state index contributed by atoms with van der Waals surface area (Å²) in [5, 5.41) is 6.03. The van der Waals surface area contributed by atoms with Crippen LogP contribution in [0.25, 0.3) is 22.6 Å². The highest BCUT2D eigenvalue weighted by Crippen LogP contribution is 2.23. The van der Waals surface area contributed by atoms with Gasteiger partial charge in [0.05, 0.1) is 6.20 Å². The van der Waals surface area contributed by atoms with Crippen molar-refractivity contribution in [3.05, 3.63) is 60.6 Å². The van der Waals surface area contributed by atoms with Crippen molar-refractivity contribution in [2.24, 2.45) is 7.05 Å². The smallest absolute Gasteiger partial charge is 0.229 e. The maximum absolute atomic E-state index is 10.9. The lowest BCUT2D eigenvalue weighted by atomic mass is 10.1. The topological polar surface area (TPSA) is 97.6 Å². The van der Waals surface area contributed by atoms with Crippen LogP contribution in [0.5, 0.6) is 0 Å². The van der Waals surface area contributed by atoms with E-state index in [9.17, 15) is 4.79 Å². The molecule has 0 aliphatic rings. The minimum Gasteiger partial charge on any atom is -0.356 e. The van der Waals surface area contributed by atoms with Gasteiger partial charge >= 0.3 is 0 Å². The van der Waals surface area contributed by atoms with Gasteiger partial charge in [-0.3, -0.25) is 9.78 Å². The number of rotatable bonds is 6. The molecule has 3 heterocycles. The van der Waals surface area contributed by atoms with Crippen molar-refractivity contribution in [3.8, 4) is 11.4 Å². The number of carbonyl (C=O) groups is 1. The van der Waals surface area contributed by atoms with Crippen LogP contribution in [0.15, 0.2) is 55.0 Å². The number of anilines is 2. The fourth-order valence-electron chi connectivity index (χ4n) is 3.07. The molecule has 3 aromatic heterocycles. The minimum absolute atomic E-state index is 0.0157. The number of fused-ring (bicyclic) bond motifs is 1. The standard InChI is InChI=1S/C21H21N7O/c1-14(29)23-12-7-15-3-5-17(6-4-15)25-21-24-13-18-20(27-21)28(2)19(26-18)16-8-10-22-11-9-16/h3-6,8-11,13H,7,12H2,1-2H3,(H,23,29)(H,24,25,27). The van der Waals surface area contributed by atoms with Crippen LogP contribution >= 0.6 is 0 Å². The molecule has 0 aliphatic carbocycles. The molecule has 0 atom stereocenters. The van der Waals surface area contributed by atoms with Gasteiger partial charge in [0.25, 0.3) is 0 Å². The van der Waals surface area contributed by atoms with Crippen molar-refractivity contribution in [3.63, 3.8) is 0 Å². The Kier molecular flexibility index (Phi) is 5.15. The summed E-state index contributed by atoms with van der Waals surface area (Å²) in [6.07, 6.45) is 5.99. The molecule has 0 spiro atoms. The average molecular weight is 387 g/mol. The molecule has 0 saturated carbocycles. The molecule has 1 aromatic carbocycles. The number of hydrogen-bond donors (Lipinski definition) is 2. The van der Waals surface area contributed by atoms with Gasteiger partial charge in [0.15, 0.2) is 5.65 Å². The van der Waals surface area contributed by atoms with Gasteiger partial charge in [-0.05, 0) is 36.2 Å².